The van der Waals surface area contributed by atoms with E-state index in [1.165, 1.54) is 14.7 Å². The van der Waals surface area contributed by atoms with Crippen LogP contribution in [0.5, 0.6) is 0 Å². The second kappa shape index (κ2) is 3.96. The van der Waals surface area contributed by atoms with E-state index in [0.29, 0.717) is 22.5 Å². The van der Waals surface area contributed by atoms with Gasteiger partial charge < -0.3 is 0 Å². The summed E-state index contributed by atoms with van der Waals surface area (Å²) in [4.78, 5) is 0. The number of hydrogen-bond donors (Lipinski definition) is 0. The van der Waals surface area contributed by atoms with Crippen molar-refractivity contribution in [3.8, 4) is 11.1 Å². The van der Waals surface area contributed by atoms with E-state index in [-0.39, 0.29) is 0 Å². The average molecular weight is 275 g/mol. The van der Waals surface area contributed by atoms with Gasteiger partial charge in [-0.1, -0.05) is 0 Å². The van der Waals surface area contributed by atoms with Crippen LogP contribution in [0.25, 0.3) is 11.1 Å². The molecule has 64 valence electrons. The fraction of sp³-hybridized carbons (Fsp3) is 0. The van der Waals surface area contributed by atoms with E-state index in [1.54, 1.807) is 0 Å². The van der Waals surface area contributed by atoms with Crippen molar-refractivity contribution in [2.45, 2.75) is 0 Å². The molecule has 2 rings (SSSR count). The molecule has 0 spiro atoms. The molecule has 0 fully saturated rings. The van der Waals surface area contributed by atoms with Crippen molar-refractivity contribution < 1.29 is 0 Å². The topological polar surface area (TPSA) is 0 Å². The van der Waals surface area contributed by atoms with Crippen molar-refractivity contribution in [2.24, 2.45) is 0 Å². The molecule has 0 N–H and O–H groups in total. The monoisotopic (exact) mass is 276 g/mol. The van der Waals surface area contributed by atoms with E-state index in [0.717, 1.165) is 0 Å². The van der Waals surface area contributed by atoms with E-state index in [1.807, 2.05) is 0 Å². The first-order valence-electron chi connectivity index (χ1n) is 4.49. The third kappa shape index (κ3) is 1.94. The van der Waals surface area contributed by atoms with Gasteiger partial charge in [-0.15, -0.1) is 0 Å². The summed E-state index contributed by atoms with van der Waals surface area (Å²) in [6.07, 6.45) is 0. The molecular formula is C12H12Sn. The van der Waals surface area contributed by atoms with Crippen LogP contribution in [0.4, 0.5) is 0 Å². The van der Waals surface area contributed by atoms with Gasteiger partial charge in [-0.05, 0) is 0 Å². The summed E-state index contributed by atoms with van der Waals surface area (Å²) in [5, 5.41) is 0. The summed E-state index contributed by atoms with van der Waals surface area (Å²) in [6, 6.07) is 19.3. The Kier molecular flexibility index (Phi) is 2.69. The van der Waals surface area contributed by atoms with Crippen LogP contribution in [0.2, 0.25) is 0 Å². The zero-order valence-electron chi connectivity index (χ0n) is 7.70. The molecule has 0 heterocycles. The average Bonchev–Trinajstić information content (AvgIpc) is 2.20. The molecule has 0 bridgehead atoms. The zero-order chi connectivity index (χ0) is 9.10. The number of benzene rings is 2. The first-order chi connectivity index (χ1) is 6.38. The van der Waals surface area contributed by atoms with Crippen LogP contribution in [0.1, 0.15) is 0 Å². The zero-order valence-corrected chi connectivity index (χ0v) is 13.4. The molecule has 2 aromatic carbocycles. The molecule has 0 saturated carbocycles. The van der Waals surface area contributed by atoms with Gasteiger partial charge in [0.2, 0.25) is 0 Å². The van der Waals surface area contributed by atoms with Gasteiger partial charge in [0.1, 0.15) is 0 Å². The van der Waals surface area contributed by atoms with Crippen molar-refractivity contribution >= 4 is 26.1 Å². The van der Waals surface area contributed by atoms with Crippen LogP contribution in [0, 0.1) is 0 Å². The van der Waals surface area contributed by atoms with Gasteiger partial charge in [0, 0.05) is 0 Å². The molecule has 0 unspecified atom stereocenters. The van der Waals surface area contributed by atoms with Gasteiger partial charge in [-0.2, -0.15) is 0 Å². The van der Waals surface area contributed by atoms with E-state index >= 15 is 0 Å². The molecular weight excluding hydrogens is 263 g/mol. The quantitative estimate of drug-likeness (QED) is 0.689. The van der Waals surface area contributed by atoms with Crippen molar-refractivity contribution in [3.05, 3.63) is 54.6 Å². The Labute approximate surface area is 91.7 Å². The summed E-state index contributed by atoms with van der Waals surface area (Å²) in [7, 11) is 0. The van der Waals surface area contributed by atoms with Crippen LogP contribution in [0.3, 0.4) is 0 Å². The predicted molar refractivity (Wildman–Crippen MR) is 61.5 cm³/mol. The number of hydrogen-bond acceptors (Lipinski definition) is 0. The first kappa shape index (κ1) is 8.82. The van der Waals surface area contributed by atoms with Crippen molar-refractivity contribution in [1.82, 2.24) is 0 Å². The first-order valence-corrected chi connectivity index (χ1v) is 7.34. The van der Waals surface area contributed by atoms with Crippen LogP contribution in [-0.4, -0.2) is 22.5 Å². The fourth-order valence-corrected chi connectivity index (χ4v) is 3.36. The maximum absolute atomic E-state index is 2.23. The second-order valence-corrected chi connectivity index (χ2v) is 6.26. The van der Waals surface area contributed by atoms with Crippen molar-refractivity contribution in [3.63, 3.8) is 0 Å². The Bertz CT molecular complexity index is 393. The Hall–Kier alpha value is -0.761. The molecule has 0 aliphatic heterocycles. The minimum atomic E-state index is 0.582. The van der Waals surface area contributed by atoms with Gasteiger partial charge in [0.15, 0.2) is 0 Å². The normalized spacial score (nSPS) is 10.2. The van der Waals surface area contributed by atoms with Gasteiger partial charge in [0.25, 0.3) is 0 Å². The van der Waals surface area contributed by atoms with Crippen LogP contribution in [0.15, 0.2) is 54.6 Å². The third-order valence-corrected chi connectivity index (χ3v) is 4.72. The van der Waals surface area contributed by atoms with Gasteiger partial charge in [0.05, 0.1) is 0 Å². The molecule has 0 atom stereocenters. The van der Waals surface area contributed by atoms with Crippen molar-refractivity contribution in [1.29, 1.82) is 0 Å². The number of rotatable bonds is 1. The van der Waals surface area contributed by atoms with Gasteiger partial charge in [-0.25, -0.2) is 0 Å². The maximum atomic E-state index is 2.23. The van der Waals surface area contributed by atoms with E-state index in [9.17, 15) is 0 Å². The van der Waals surface area contributed by atoms with Crippen molar-refractivity contribution in [2.75, 3.05) is 0 Å². The van der Waals surface area contributed by atoms with Gasteiger partial charge in [-0.3, -0.25) is 0 Å². The molecule has 13 heavy (non-hydrogen) atoms. The van der Waals surface area contributed by atoms with E-state index in [2.05, 4.69) is 54.6 Å². The Balaban J connectivity index is 2.54. The summed E-state index contributed by atoms with van der Waals surface area (Å²) in [5.41, 5.74) is 2.76. The second-order valence-electron chi connectivity index (χ2n) is 3.18. The Morgan fingerprint density at radius 3 is 2.00 bits per heavy atom. The van der Waals surface area contributed by atoms with Crippen LogP contribution in [-0.2, 0) is 0 Å². The summed E-state index contributed by atoms with van der Waals surface area (Å²) in [5.74, 6) is 0. The summed E-state index contributed by atoms with van der Waals surface area (Å²) >= 11 is 0.582. The molecule has 0 amide bonds. The summed E-state index contributed by atoms with van der Waals surface area (Å²) < 4.78 is 1.54. The molecule has 0 radical (unpaired) electrons. The SMILES string of the molecule is [SnH3][c]1ccccc1-c1ccccc1. The molecule has 0 aliphatic carbocycles. The molecule has 1 heteroatoms. The Morgan fingerprint density at radius 2 is 1.31 bits per heavy atom. The van der Waals surface area contributed by atoms with E-state index in [4.69, 9.17) is 0 Å². The molecule has 0 aromatic heterocycles. The molecule has 2 aromatic rings. The molecule has 0 saturated heterocycles. The standard InChI is InChI=1S/C12H9.Sn.3H/c1-3-7-11(8-4-1)12-9-5-2-6-10-12;;;;/h1-9H;;;;. The van der Waals surface area contributed by atoms with Crippen LogP contribution < -0.4 is 3.58 Å². The summed E-state index contributed by atoms with van der Waals surface area (Å²) in [6.45, 7) is 0. The molecule has 0 aliphatic rings. The minimum absolute atomic E-state index is 0.582. The van der Waals surface area contributed by atoms with E-state index < -0.39 is 0 Å². The molecule has 0 nitrogen and oxygen atoms in total. The fourth-order valence-electron chi connectivity index (χ4n) is 1.51. The van der Waals surface area contributed by atoms with Gasteiger partial charge >= 0.3 is 91.8 Å². The third-order valence-electron chi connectivity index (χ3n) is 2.23. The van der Waals surface area contributed by atoms with Crippen LogP contribution >= 0.6 is 0 Å². The Morgan fingerprint density at radius 1 is 0.692 bits per heavy atom. The predicted octanol–water partition coefficient (Wildman–Crippen LogP) is 1.34.